The molecule has 2 saturated carbocycles. The van der Waals surface area contributed by atoms with Crippen LogP contribution in [-0.4, -0.2) is 13.2 Å². The second kappa shape index (κ2) is 15.9. The van der Waals surface area contributed by atoms with Gasteiger partial charge in [0.05, 0.1) is 13.2 Å². The molecule has 2 aliphatic carbocycles. The molecule has 0 unspecified atom stereocenters. The smallest absolute Gasteiger partial charge is 0.119 e. The van der Waals surface area contributed by atoms with Crippen molar-refractivity contribution in [2.45, 2.75) is 104 Å². The number of rotatable bonds is 12. The third kappa shape index (κ3) is 10.2. The summed E-state index contributed by atoms with van der Waals surface area (Å²) in [6.07, 6.45) is 22.8. The highest BCUT2D eigenvalue weighted by molar-refractivity contribution is 5.31. The standard InChI is InChI=1S/C32H48O2/c1-3-5-9-25-33-31-21-23-32(24-22-31)34-26-30-19-17-29(18-20-30)12-8-7-11-28-15-13-27(14-16-28)10-6-4-2/h7,11,21-24,27-30H,3-6,9-10,13-20,25-26H2,1-2H3/b11-7+/t27-,28-,29-,30-. The van der Waals surface area contributed by atoms with E-state index in [4.69, 9.17) is 9.47 Å². The van der Waals surface area contributed by atoms with Crippen LogP contribution in [0.5, 0.6) is 11.5 Å². The average Bonchev–Trinajstić information content (AvgIpc) is 2.89. The van der Waals surface area contributed by atoms with Gasteiger partial charge in [-0.2, -0.15) is 0 Å². The minimum absolute atomic E-state index is 0.565. The second-order valence-corrected chi connectivity index (χ2v) is 10.6. The van der Waals surface area contributed by atoms with E-state index >= 15 is 0 Å². The van der Waals surface area contributed by atoms with Crippen molar-refractivity contribution in [3.8, 4) is 23.3 Å². The van der Waals surface area contributed by atoms with Crippen molar-refractivity contribution in [1.29, 1.82) is 0 Å². The minimum Gasteiger partial charge on any atom is -0.494 e. The molecule has 34 heavy (non-hydrogen) atoms. The van der Waals surface area contributed by atoms with Crippen LogP contribution in [0.25, 0.3) is 0 Å². The summed E-state index contributed by atoms with van der Waals surface area (Å²) < 4.78 is 11.9. The second-order valence-electron chi connectivity index (χ2n) is 10.6. The molecule has 0 spiro atoms. The van der Waals surface area contributed by atoms with Crippen LogP contribution >= 0.6 is 0 Å². The first kappa shape index (κ1) is 26.7. The highest BCUT2D eigenvalue weighted by atomic mass is 16.5. The maximum absolute atomic E-state index is 6.07. The van der Waals surface area contributed by atoms with E-state index < -0.39 is 0 Å². The minimum atomic E-state index is 0.565. The van der Waals surface area contributed by atoms with Crippen molar-refractivity contribution in [1.82, 2.24) is 0 Å². The first-order chi connectivity index (χ1) is 16.8. The first-order valence-electron chi connectivity index (χ1n) is 14.3. The van der Waals surface area contributed by atoms with Gasteiger partial charge in [0.15, 0.2) is 0 Å². The van der Waals surface area contributed by atoms with E-state index in [-0.39, 0.29) is 0 Å². The Balaban J connectivity index is 1.27. The topological polar surface area (TPSA) is 18.5 Å². The van der Waals surface area contributed by atoms with Crippen LogP contribution in [0.2, 0.25) is 0 Å². The normalized spacial score (nSPS) is 25.0. The lowest BCUT2D eigenvalue weighted by molar-refractivity contribution is 0.196. The molecular formula is C32H48O2. The number of unbranched alkanes of at least 4 members (excludes halogenated alkanes) is 3. The van der Waals surface area contributed by atoms with Gasteiger partial charge in [-0.25, -0.2) is 0 Å². The summed E-state index contributed by atoms with van der Waals surface area (Å²) in [5, 5.41) is 0. The lowest BCUT2D eigenvalue weighted by Gasteiger charge is -2.26. The van der Waals surface area contributed by atoms with Crippen molar-refractivity contribution >= 4 is 0 Å². The number of benzene rings is 1. The SMILES string of the molecule is CCCCCOc1ccc(OC[C@H]2CC[C@H](C#C/C=C/[C@H]3CC[C@H](CCCC)CC3)CC2)cc1. The first-order valence-corrected chi connectivity index (χ1v) is 14.3. The molecule has 0 radical (unpaired) electrons. The molecule has 0 N–H and O–H groups in total. The van der Waals surface area contributed by atoms with Gasteiger partial charge in [-0.15, -0.1) is 0 Å². The fourth-order valence-electron chi connectivity index (χ4n) is 5.37. The number of hydrogen-bond donors (Lipinski definition) is 0. The van der Waals surface area contributed by atoms with E-state index in [0.717, 1.165) is 43.0 Å². The largest absolute Gasteiger partial charge is 0.494 e. The van der Waals surface area contributed by atoms with Crippen LogP contribution in [0.4, 0.5) is 0 Å². The fourth-order valence-corrected chi connectivity index (χ4v) is 5.37. The molecule has 2 nitrogen and oxygen atoms in total. The number of ether oxygens (including phenoxy) is 2. The van der Waals surface area contributed by atoms with Crippen LogP contribution in [0, 0.1) is 35.5 Å². The van der Waals surface area contributed by atoms with Gasteiger partial charge in [0, 0.05) is 5.92 Å². The van der Waals surface area contributed by atoms with Gasteiger partial charge < -0.3 is 9.47 Å². The number of allylic oxidation sites excluding steroid dienone is 2. The van der Waals surface area contributed by atoms with E-state index in [1.165, 1.54) is 83.5 Å². The van der Waals surface area contributed by atoms with Crippen LogP contribution in [-0.2, 0) is 0 Å². The molecule has 2 heteroatoms. The highest BCUT2D eigenvalue weighted by Gasteiger charge is 2.21. The van der Waals surface area contributed by atoms with Crippen molar-refractivity contribution in [2.75, 3.05) is 13.2 Å². The zero-order chi connectivity index (χ0) is 23.8. The van der Waals surface area contributed by atoms with Crippen LogP contribution in [0.1, 0.15) is 104 Å². The molecule has 3 rings (SSSR count). The zero-order valence-electron chi connectivity index (χ0n) is 21.9. The molecule has 0 aromatic heterocycles. The molecule has 2 aliphatic rings. The summed E-state index contributed by atoms with van der Waals surface area (Å²) in [6.45, 7) is 6.14. The van der Waals surface area contributed by atoms with E-state index in [0.29, 0.717) is 11.8 Å². The third-order valence-corrected chi connectivity index (χ3v) is 7.77. The molecule has 0 bridgehead atoms. The molecule has 0 heterocycles. The summed E-state index contributed by atoms with van der Waals surface area (Å²) in [6, 6.07) is 8.13. The van der Waals surface area contributed by atoms with Crippen molar-refractivity contribution in [2.24, 2.45) is 23.7 Å². The summed E-state index contributed by atoms with van der Waals surface area (Å²) in [5.74, 6) is 11.8. The Kier molecular flexibility index (Phi) is 12.5. The lowest BCUT2D eigenvalue weighted by Crippen LogP contribution is -2.19. The summed E-state index contributed by atoms with van der Waals surface area (Å²) >= 11 is 0. The molecule has 2 fully saturated rings. The molecule has 0 atom stereocenters. The van der Waals surface area contributed by atoms with Gasteiger partial charge in [-0.1, -0.05) is 63.9 Å². The predicted octanol–water partition coefficient (Wildman–Crippen LogP) is 9.00. The Morgan fingerprint density at radius 3 is 2.09 bits per heavy atom. The molecule has 1 aromatic rings. The van der Waals surface area contributed by atoms with Crippen molar-refractivity contribution in [3.05, 3.63) is 36.4 Å². The van der Waals surface area contributed by atoms with E-state index in [9.17, 15) is 0 Å². The van der Waals surface area contributed by atoms with Crippen LogP contribution in [0.15, 0.2) is 36.4 Å². The molecular weight excluding hydrogens is 416 g/mol. The molecule has 0 saturated heterocycles. The highest BCUT2D eigenvalue weighted by Crippen LogP contribution is 2.32. The van der Waals surface area contributed by atoms with E-state index in [1.54, 1.807) is 0 Å². The Labute approximate surface area is 209 Å². The van der Waals surface area contributed by atoms with Gasteiger partial charge in [0.2, 0.25) is 0 Å². The number of hydrogen-bond acceptors (Lipinski definition) is 2. The molecule has 188 valence electrons. The quantitative estimate of drug-likeness (QED) is 0.227. The monoisotopic (exact) mass is 464 g/mol. The zero-order valence-corrected chi connectivity index (χ0v) is 21.9. The van der Waals surface area contributed by atoms with Gasteiger partial charge in [-0.05, 0) is 106 Å². The van der Waals surface area contributed by atoms with Gasteiger partial charge in [0.1, 0.15) is 11.5 Å². The maximum Gasteiger partial charge on any atom is 0.119 e. The molecule has 0 amide bonds. The van der Waals surface area contributed by atoms with E-state index in [1.807, 2.05) is 24.3 Å². The van der Waals surface area contributed by atoms with E-state index in [2.05, 4.69) is 37.8 Å². The predicted molar refractivity (Wildman–Crippen MR) is 144 cm³/mol. The Morgan fingerprint density at radius 1 is 0.765 bits per heavy atom. The molecule has 1 aromatic carbocycles. The van der Waals surface area contributed by atoms with Crippen molar-refractivity contribution < 1.29 is 9.47 Å². The molecule has 0 aliphatic heterocycles. The Hall–Kier alpha value is -1.88. The van der Waals surface area contributed by atoms with Gasteiger partial charge >= 0.3 is 0 Å². The van der Waals surface area contributed by atoms with Gasteiger partial charge in [0.25, 0.3) is 0 Å². The lowest BCUT2D eigenvalue weighted by atomic mass is 9.80. The fraction of sp³-hybridized carbons (Fsp3) is 0.688. The van der Waals surface area contributed by atoms with Crippen molar-refractivity contribution in [3.63, 3.8) is 0 Å². The summed E-state index contributed by atoms with van der Waals surface area (Å²) in [4.78, 5) is 0. The summed E-state index contributed by atoms with van der Waals surface area (Å²) in [7, 11) is 0. The maximum atomic E-state index is 6.07. The van der Waals surface area contributed by atoms with Crippen LogP contribution < -0.4 is 9.47 Å². The Bertz CT molecular complexity index is 737. The van der Waals surface area contributed by atoms with Gasteiger partial charge in [-0.3, -0.25) is 0 Å². The Morgan fingerprint density at radius 2 is 1.41 bits per heavy atom. The summed E-state index contributed by atoms with van der Waals surface area (Å²) in [5.41, 5.74) is 0. The average molecular weight is 465 g/mol. The van der Waals surface area contributed by atoms with Crippen LogP contribution in [0.3, 0.4) is 0 Å². The third-order valence-electron chi connectivity index (χ3n) is 7.77.